The molecular weight excluding hydrogens is 130 g/mol. The van der Waals surface area contributed by atoms with Crippen LogP contribution in [0.15, 0.2) is 5.16 Å². The van der Waals surface area contributed by atoms with Crippen molar-refractivity contribution >= 4 is 5.71 Å². The molecular formula is C7H13NO2. The number of oxime groups is 1. The van der Waals surface area contributed by atoms with Gasteiger partial charge in [0.15, 0.2) is 0 Å². The summed E-state index contributed by atoms with van der Waals surface area (Å²) in [5.41, 5.74) is 0.759. The molecule has 0 bridgehead atoms. The lowest BCUT2D eigenvalue weighted by Gasteiger charge is -2.10. The van der Waals surface area contributed by atoms with E-state index in [4.69, 9.17) is 10.3 Å². The Morgan fingerprint density at radius 1 is 1.70 bits per heavy atom. The molecule has 0 saturated heterocycles. The zero-order valence-corrected chi connectivity index (χ0v) is 6.12. The molecule has 0 aromatic carbocycles. The van der Waals surface area contributed by atoms with E-state index in [1.807, 2.05) is 0 Å². The van der Waals surface area contributed by atoms with Gasteiger partial charge in [0.25, 0.3) is 0 Å². The molecule has 1 fully saturated rings. The quantitative estimate of drug-likeness (QED) is 0.422. The highest BCUT2D eigenvalue weighted by atomic mass is 16.4. The van der Waals surface area contributed by atoms with Crippen molar-refractivity contribution in [3.8, 4) is 0 Å². The molecule has 1 saturated carbocycles. The second-order valence-electron chi connectivity index (χ2n) is 2.90. The van der Waals surface area contributed by atoms with Gasteiger partial charge in [-0.3, -0.25) is 0 Å². The zero-order valence-electron chi connectivity index (χ0n) is 6.12. The Morgan fingerprint density at radius 3 is 2.80 bits per heavy atom. The van der Waals surface area contributed by atoms with Gasteiger partial charge in [0.05, 0.1) is 12.3 Å². The zero-order chi connectivity index (χ0) is 7.56. The minimum absolute atomic E-state index is 0.102. The Hall–Kier alpha value is -0.570. The number of rotatable bonds is 1. The fourth-order valence-corrected chi connectivity index (χ4v) is 1.50. The molecule has 1 aliphatic carbocycles. The second-order valence-corrected chi connectivity index (χ2v) is 2.90. The van der Waals surface area contributed by atoms with Gasteiger partial charge in [0, 0.05) is 5.92 Å². The smallest absolute Gasteiger partial charge is 0.0627 e. The third-order valence-electron chi connectivity index (χ3n) is 2.30. The molecule has 2 atom stereocenters. The molecule has 0 spiro atoms. The number of nitrogens with zero attached hydrogens (tertiary/aromatic N) is 1. The topological polar surface area (TPSA) is 52.8 Å². The van der Waals surface area contributed by atoms with Gasteiger partial charge >= 0.3 is 0 Å². The molecule has 1 rings (SSSR count). The Morgan fingerprint density at radius 2 is 2.40 bits per heavy atom. The van der Waals surface area contributed by atoms with Crippen LogP contribution >= 0.6 is 0 Å². The van der Waals surface area contributed by atoms with Gasteiger partial charge in [-0.15, -0.1) is 0 Å². The monoisotopic (exact) mass is 143 g/mol. The average molecular weight is 143 g/mol. The SMILES string of the molecule is C[C@H]1CCC(=NO)[C@@H]1CO. The third-order valence-corrected chi connectivity index (χ3v) is 2.30. The summed E-state index contributed by atoms with van der Waals surface area (Å²) in [6, 6.07) is 0. The van der Waals surface area contributed by atoms with E-state index in [0.717, 1.165) is 18.6 Å². The van der Waals surface area contributed by atoms with Crippen LogP contribution in [0, 0.1) is 11.8 Å². The minimum atomic E-state index is 0.102. The standard InChI is InChI=1S/C7H13NO2/c1-5-2-3-7(8-10)6(5)4-9/h5-6,9-10H,2-4H2,1H3/t5-,6+/m0/s1. The van der Waals surface area contributed by atoms with E-state index in [1.54, 1.807) is 0 Å². The molecule has 3 nitrogen and oxygen atoms in total. The van der Waals surface area contributed by atoms with Gasteiger partial charge < -0.3 is 10.3 Å². The molecule has 10 heavy (non-hydrogen) atoms. The molecule has 0 radical (unpaired) electrons. The normalized spacial score (nSPS) is 37.2. The first-order valence-electron chi connectivity index (χ1n) is 3.61. The number of aliphatic hydroxyl groups is 1. The van der Waals surface area contributed by atoms with Gasteiger partial charge in [-0.05, 0) is 18.8 Å². The van der Waals surface area contributed by atoms with Crippen molar-refractivity contribution in [3.63, 3.8) is 0 Å². The van der Waals surface area contributed by atoms with Crippen molar-refractivity contribution in [1.29, 1.82) is 0 Å². The summed E-state index contributed by atoms with van der Waals surface area (Å²) < 4.78 is 0. The van der Waals surface area contributed by atoms with Crippen molar-refractivity contribution < 1.29 is 10.3 Å². The lowest BCUT2D eigenvalue weighted by atomic mass is 9.98. The number of hydrogen-bond acceptors (Lipinski definition) is 3. The minimum Gasteiger partial charge on any atom is -0.411 e. The lowest BCUT2D eigenvalue weighted by molar-refractivity contribution is 0.229. The molecule has 2 N–H and O–H groups in total. The Balaban J connectivity index is 2.63. The van der Waals surface area contributed by atoms with Crippen LogP contribution in [0.5, 0.6) is 0 Å². The first kappa shape index (κ1) is 7.54. The first-order chi connectivity index (χ1) is 4.79. The van der Waals surface area contributed by atoms with Crippen LogP contribution in [0.2, 0.25) is 0 Å². The van der Waals surface area contributed by atoms with Crippen LogP contribution in [0.25, 0.3) is 0 Å². The van der Waals surface area contributed by atoms with Crippen LogP contribution in [0.4, 0.5) is 0 Å². The van der Waals surface area contributed by atoms with Crippen LogP contribution in [-0.4, -0.2) is 22.6 Å². The summed E-state index contributed by atoms with van der Waals surface area (Å²) in [6.45, 7) is 2.18. The van der Waals surface area contributed by atoms with E-state index in [0.29, 0.717) is 5.92 Å². The predicted molar refractivity (Wildman–Crippen MR) is 38.2 cm³/mol. The molecule has 58 valence electrons. The lowest BCUT2D eigenvalue weighted by Crippen LogP contribution is -2.16. The third kappa shape index (κ3) is 1.14. The summed E-state index contributed by atoms with van der Waals surface area (Å²) in [5, 5.41) is 20.5. The van der Waals surface area contributed by atoms with Crippen LogP contribution < -0.4 is 0 Å². The molecule has 0 aromatic heterocycles. The van der Waals surface area contributed by atoms with Crippen molar-refractivity contribution in [2.45, 2.75) is 19.8 Å². The van der Waals surface area contributed by atoms with Gasteiger partial charge in [0.1, 0.15) is 0 Å². The van der Waals surface area contributed by atoms with Gasteiger partial charge in [0.2, 0.25) is 0 Å². The van der Waals surface area contributed by atoms with E-state index in [9.17, 15) is 0 Å². The van der Waals surface area contributed by atoms with E-state index < -0.39 is 0 Å². The molecule has 0 amide bonds. The molecule has 0 aromatic rings. The molecule has 0 unspecified atom stereocenters. The van der Waals surface area contributed by atoms with Crippen LogP contribution in [0.3, 0.4) is 0 Å². The number of hydrogen-bond donors (Lipinski definition) is 2. The van der Waals surface area contributed by atoms with Crippen LogP contribution in [-0.2, 0) is 0 Å². The van der Waals surface area contributed by atoms with Crippen molar-refractivity contribution in [3.05, 3.63) is 0 Å². The molecule has 1 aliphatic rings. The van der Waals surface area contributed by atoms with Crippen LogP contribution in [0.1, 0.15) is 19.8 Å². The summed E-state index contributed by atoms with van der Waals surface area (Å²) in [6.07, 6.45) is 1.87. The van der Waals surface area contributed by atoms with E-state index >= 15 is 0 Å². The highest BCUT2D eigenvalue weighted by Gasteiger charge is 2.29. The fraction of sp³-hybridized carbons (Fsp3) is 0.857. The highest BCUT2D eigenvalue weighted by Crippen LogP contribution is 2.28. The van der Waals surface area contributed by atoms with E-state index in [2.05, 4.69) is 12.1 Å². The van der Waals surface area contributed by atoms with Crippen molar-refractivity contribution in [1.82, 2.24) is 0 Å². The Bertz CT molecular complexity index is 145. The average Bonchev–Trinajstić information content (AvgIpc) is 2.30. The molecule has 0 aliphatic heterocycles. The largest absolute Gasteiger partial charge is 0.411 e. The Labute approximate surface area is 60.4 Å². The fourth-order valence-electron chi connectivity index (χ4n) is 1.50. The first-order valence-corrected chi connectivity index (χ1v) is 3.61. The van der Waals surface area contributed by atoms with E-state index in [-0.39, 0.29) is 12.5 Å². The Kier molecular flexibility index (Phi) is 2.27. The predicted octanol–water partition coefficient (Wildman–Crippen LogP) is 0.855. The van der Waals surface area contributed by atoms with Gasteiger partial charge in [-0.25, -0.2) is 0 Å². The molecule has 3 heteroatoms. The second kappa shape index (κ2) is 3.01. The van der Waals surface area contributed by atoms with Crippen molar-refractivity contribution in [2.75, 3.05) is 6.61 Å². The van der Waals surface area contributed by atoms with Gasteiger partial charge in [-0.1, -0.05) is 12.1 Å². The summed E-state index contributed by atoms with van der Waals surface area (Å²) >= 11 is 0. The van der Waals surface area contributed by atoms with Crippen molar-refractivity contribution in [2.24, 2.45) is 17.0 Å². The van der Waals surface area contributed by atoms with E-state index in [1.165, 1.54) is 0 Å². The summed E-state index contributed by atoms with van der Waals surface area (Å²) in [4.78, 5) is 0. The van der Waals surface area contributed by atoms with Gasteiger partial charge in [-0.2, -0.15) is 0 Å². The number of aliphatic hydroxyl groups excluding tert-OH is 1. The summed E-state index contributed by atoms with van der Waals surface area (Å²) in [5.74, 6) is 0.570. The molecule has 0 heterocycles. The highest BCUT2D eigenvalue weighted by molar-refractivity contribution is 5.88. The maximum atomic E-state index is 8.85. The maximum absolute atomic E-state index is 8.85. The maximum Gasteiger partial charge on any atom is 0.0627 e. The summed E-state index contributed by atoms with van der Waals surface area (Å²) in [7, 11) is 0.